The maximum atomic E-state index is 13.7. The summed E-state index contributed by atoms with van der Waals surface area (Å²) in [5.41, 5.74) is 2.05. The fraction of sp³-hybridized carbons (Fsp3) is 0.0952. The smallest absolute Gasteiger partial charge is 0.255 e. The molecule has 0 unspecified atom stereocenters. The minimum atomic E-state index is -3.91. The molecule has 0 radical (unpaired) electrons. The van der Waals surface area contributed by atoms with Crippen molar-refractivity contribution < 1.29 is 17.6 Å². The van der Waals surface area contributed by atoms with E-state index in [0.29, 0.717) is 5.69 Å². The van der Waals surface area contributed by atoms with Crippen LogP contribution in [0.15, 0.2) is 77.7 Å². The summed E-state index contributed by atoms with van der Waals surface area (Å²) in [6, 6.07) is 18.9. The lowest BCUT2D eigenvalue weighted by atomic mass is 10.2. The number of benzene rings is 3. The second-order valence-electron chi connectivity index (χ2n) is 6.27. The number of sulfonamides is 1. The molecule has 0 aliphatic rings. The average molecular weight is 398 g/mol. The Morgan fingerprint density at radius 1 is 0.964 bits per heavy atom. The van der Waals surface area contributed by atoms with Crippen molar-refractivity contribution in [1.29, 1.82) is 0 Å². The van der Waals surface area contributed by atoms with Crippen LogP contribution < -0.4 is 10.0 Å². The van der Waals surface area contributed by atoms with Crippen LogP contribution in [-0.2, 0) is 16.6 Å². The van der Waals surface area contributed by atoms with Crippen molar-refractivity contribution in [2.24, 2.45) is 0 Å². The number of halogens is 1. The summed E-state index contributed by atoms with van der Waals surface area (Å²) in [7, 11) is -3.91. The monoisotopic (exact) mass is 398 g/mol. The highest BCUT2D eigenvalue weighted by Crippen LogP contribution is 2.16. The Balaban J connectivity index is 1.76. The molecule has 3 rings (SSSR count). The molecule has 5 nitrogen and oxygen atoms in total. The first kappa shape index (κ1) is 19.7. The van der Waals surface area contributed by atoms with Gasteiger partial charge in [-0.15, -0.1) is 0 Å². The summed E-state index contributed by atoms with van der Waals surface area (Å²) in [6.07, 6.45) is 0. The van der Waals surface area contributed by atoms with Crippen molar-refractivity contribution >= 4 is 21.6 Å². The Hall–Kier alpha value is -3.03. The molecule has 0 fully saturated rings. The largest absolute Gasteiger partial charge is 0.322 e. The number of nitrogens with one attached hydrogen (secondary N) is 2. The average Bonchev–Trinajstić information content (AvgIpc) is 2.67. The highest BCUT2D eigenvalue weighted by molar-refractivity contribution is 7.89. The maximum absolute atomic E-state index is 13.7. The highest BCUT2D eigenvalue weighted by atomic mass is 32.2. The maximum Gasteiger partial charge on any atom is 0.255 e. The number of carbonyl (C=O) groups is 1. The minimum Gasteiger partial charge on any atom is -0.322 e. The van der Waals surface area contributed by atoms with Crippen LogP contribution in [0.25, 0.3) is 0 Å². The zero-order valence-corrected chi connectivity index (χ0v) is 16.0. The van der Waals surface area contributed by atoms with Crippen molar-refractivity contribution in [1.82, 2.24) is 4.72 Å². The summed E-state index contributed by atoms with van der Waals surface area (Å²) < 4.78 is 41.1. The summed E-state index contributed by atoms with van der Waals surface area (Å²) in [6.45, 7) is 1.72. The van der Waals surface area contributed by atoms with E-state index in [2.05, 4.69) is 10.0 Å². The second-order valence-corrected chi connectivity index (χ2v) is 8.03. The van der Waals surface area contributed by atoms with E-state index in [-0.39, 0.29) is 22.6 Å². The lowest BCUT2D eigenvalue weighted by molar-refractivity contribution is 0.102. The Bertz CT molecular complexity index is 1110. The molecule has 1 amide bonds. The van der Waals surface area contributed by atoms with Crippen LogP contribution in [0, 0.1) is 12.7 Å². The molecule has 7 heteroatoms. The Kier molecular flexibility index (Phi) is 5.87. The lowest BCUT2D eigenvalue weighted by Gasteiger charge is -2.10. The van der Waals surface area contributed by atoms with Gasteiger partial charge in [0, 0.05) is 23.4 Å². The van der Waals surface area contributed by atoms with Gasteiger partial charge in [0.1, 0.15) is 5.82 Å². The van der Waals surface area contributed by atoms with E-state index in [9.17, 15) is 17.6 Å². The molecule has 0 heterocycles. The fourth-order valence-corrected chi connectivity index (χ4v) is 3.68. The van der Waals surface area contributed by atoms with E-state index in [0.717, 1.165) is 5.56 Å². The second kappa shape index (κ2) is 8.33. The Morgan fingerprint density at radius 2 is 1.71 bits per heavy atom. The molecule has 0 aliphatic heterocycles. The van der Waals surface area contributed by atoms with Gasteiger partial charge < -0.3 is 5.32 Å². The first-order valence-corrected chi connectivity index (χ1v) is 10.0. The molecular weight excluding hydrogens is 379 g/mol. The molecule has 0 spiro atoms. The van der Waals surface area contributed by atoms with Crippen molar-refractivity contribution in [3.8, 4) is 0 Å². The van der Waals surface area contributed by atoms with Gasteiger partial charge in [-0.25, -0.2) is 17.5 Å². The van der Waals surface area contributed by atoms with Gasteiger partial charge in [0.15, 0.2) is 0 Å². The molecule has 0 atom stereocenters. The third-order valence-electron chi connectivity index (χ3n) is 4.09. The predicted octanol–water partition coefficient (Wildman–Crippen LogP) is 3.86. The molecular formula is C21H19FN2O3S. The van der Waals surface area contributed by atoms with E-state index in [4.69, 9.17) is 0 Å². The standard InChI is InChI=1S/C21H19FN2O3S/c1-15-6-4-9-18(12-15)24-21(25)16-8-5-10-19(13-16)28(26,27)23-14-17-7-2-3-11-20(17)22/h2-13,23H,14H2,1H3,(H,24,25). The molecule has 3 aromatic carbocycles. The van der Waals surface area contributed by atoms with Gasteiger partial charge in [-0.1, -0.05) is 36.4 Å². The van der Waals surface area contributed by atoms with Crippen molar-refractivity contribution in [2.45, 2.75) is 18.4 Å². The number of carbonyl (C=O) groups excluding carboxylic acids is 1. The minimum absolute atomic E-state index is 0.0688. The summed E-state index contributed by atoms with van der Waals surface area (Å²) in [5.74, 6) is -0.909. The first-order valence-electron chi connectivity index (χ1n) is 8.56. The van der Waals surface area contributed by atoms with Gasteiger partial charge in [-0.05, 0) is 48.9 Å². The molecule has 28 heavy (non-hydrogen) atoms. The normalized spacial score (nSPS) is 11.2. The van der Waals surface area contributed by atoms with E-state index in [1.807, 2.05) is 25.1 Å². The number of rotatable bonds is 6. The van der Waals surface area contributed by atoms with E-state index >= 15 is 0 Å². The number of hydrogen-bond donors (Lipinski definition) is 2. The zero-order valence-electron chi connectivity index (χ0n) is 15.1. The molecule has 2 N–H and O–H groups in total. The SMILES string of the molecule is Cc1cccc(NC(=O)c2cccc(S(=O)(=O)NCc3ccccc3F)c2)c1. The van der Waals surface area contributed by atoms with Gasteiger partial charge in [0.25, 0.3) is 5.91 Å². The van der Waals surface area contributed by atoms with E-state index in [1.54, 1.807) is 12.1 Å². The molecule has 0 saturated carbocycles. The van der Waals surface area contributed by atoms with Gasteiger partial charge in [-0.3, -0.25) is 4.79 Å². The molecule has 0 aliphatic carbocycles. The summed E-state index contributed by atoms with van der Waals surface area (Å²) >= 11 is 0. The third-order valence-corrected chi connectivity index (χ3v) is 5.49. The van der Waals surface area contributed by atoms with Gasteiger partial charge in [0.2, 0.25) is 10.0 Å². The quantitative estimate of drug-likeness (QED) is 0.662. The first-order chi connectivity index (χ1) is 13.3. The van der Waals surface area contributed by atoms with Crippen LogP contribution in [0.5, 0.6) is 0 Å². The summed E-state index contributed by atoms with van der Waals surface area (Å²) in [5, 5.41) is 2.74. The van der Waals surface area contributed by atoms with Crippen LogP contribution in [-0.4, -0.2) is 14.3 Å². The van der Waals surface area contributed by atoms with Crippen molar-refractivity contribution in [3.05, 3.63) is 95.3 Å². The van der Waals surface area contributed by atoms with E-state index < -0.39 is 21.7 Å². The Labute approximate surface area is 163 Å². The number of anilines is 1. The van der Waals surface area contributed by atoms with E-state index in [1.165, 1.54) is 42.5 Å². The van der Waals surface area contributed by atoms with Gasteiger partial charge in [0.05, 0.1) is 4.90 Å². The highest BCUT2D eigenvalue weighted by Gasteiger charge is 2.17. The molecule has 144 valence electrons. The van der Waals surface area contributed by atoms with Gasteiger partial charge >= 0.3 is 0 Å². The third kappa shape index (κ3) is 4.82. The van der Waals surface area contributed by atoms with Crippen molar-refractivity contribution in [3.63, 3.8) is 0 Å². The zero-order chi connectivity index (χ0) is 20.1. The van der Waals surface area contributed by atoms with Crippen LogP contribution in [0.4, 0.5) is 10.1 Å². The number of hydrogen-bond acceptors (Lipinski definition) is 3. The van der Waals surface area contributed by atoms with Gasteiger partial charge in [-0.2, -0.15) is 0 Å². The van der Waals surface area contributed by atoms with Crippen LogP contribution in [0.1, 0.15) is 21.5 Å². The fourth-order valence-electron chi connectivity index (χ4n) is 2.63. The number of amides is 1. The molecule has 3 aromatic rings. The van der Waals surface area contributed by atoms with Crippen LogP contribution in [0.2, 0.25) is 0 Å². The Morgan fingerprint density at radius 3 is 2.46 bits per heavy atom. The molecule has 0 aromatic heterocycles. The van der Waals surface area contributed by atoms with Crippen molar-refractivity contribution in [2.75, 3.05) is 5.32 Å². The molecule has 0 saturated heterocycles. The number of aryl methyl sites for hydroxylation is 1. The topological polar surface area (TPSA) is 75.3 Å². The lowest BCUT2D eigenvalue weighted by Crippen LogP contribution is -2.24. The predicted molar refractivity (Wildman–Crippen MR) is 106 cm³/mol. The molecule has 0 bridgehead atoms. The van der Waals surface area contributed by atoms with Crippen LogP contribution >= 0.6 is 0 Å². The van der Waals surface area contributed by atoms with Crippen LogP contribution in [0.3, 0.4) is 0 Å². The summed E-state index contributed by atoms with van der Waals surface area (Å²) in [4.78, 5) is 12.4.